The quantitative estimate of drug-likeness (QED) is 0.515. The second-order valence-corrected chi connectivity index (χ2v) is 5.81. The Labute approximate surface area is 143 Å². The maximum absolute atomic E-state index is 11.4. The van der Waals surface area contributed by atoms with Crippen LogP contribution in [0, 0.1) is 0 Å². The molecular weight excluding hydrogens is 328 g/mol. The summed E-state index contributed by atoms with van der Waals surface area (Å²) in [5.74, 6) is -0.943. The van der Waals surface area contributed by atoms with Crippen LogP contribution in [-0.4, -0.2) is 39.7 Å². The number of anilines is 1. The Balaban J connectivity index is 2.03. The zero-order valence-electron chi connectivity index (χ0n) is 12.8. The number of alkyl halides is 1. The number of H-pyrrole nitrogens is 1. The van der Waals surface area contributed by atoms with E-state index in [-0.39, 0.29) is 18.0 Å². The third-order valence-corrected chi connectivity index (χ3v) is 4.22. The van der Waals surface area contributed by atoms with Gasteiger partial charge in [0.2, 0.25) is 0 Å². The Morgan fingerprint density at radius 3 is 2.83 bits per heavy atom. The first-order chi connectivity index (χ1) is 11.6. The number of aromatic nitrogens is 1. The van der Waals surface area contributed by atoms with E-state index < -0.39 is 12.1 Å². The Kier molecular flexibility index (Phi) is 4.74. The number of aliphatic hydroxyl groups excluding tert-OH is 1. The van der Waals surface area contributed by atoms with E-state index in [0.717, 1.165) is 22.0 Å². The molecule has 24 heavy (non-hydrogen) atoms. The highest BCUT2D eigenvalue weighted by Gasteiger charge is 2.14. The monoisotopic (exact) mass is 344 g/mol. The van der Waals surface area contributed by atoms with Crippen molar-refractivity contribution in [2.75, 3.05) is 17.7 Å². The molecule has 0 radical (unpaired) electrons. The van der Waals surface area contributed by atoms with Gasteiger partial charge in [-0.2, -0.15) is 0 Å². The van der Waals surface area contributed by atoms with Gasteiger partial charge in [0.25, 0.3) is 0 Å². The summed E-state index contributed by atoms with van der Waals surface area (Å²) in [6.45, 7) is 0.182. The summed E-state index contributed by atoms with van der Waals surface area (Å²) in [6.07, 6.45) is 1.13. The molecule has 2 aromatic carbocycles. The van der Waals surface area contributed by atoms with Crippen LogP contribution in [0.3, 0.4) is 0 Å². The zero-order valence-corrected chi connectivity index (χ0v) is 13.5. The summed E-state index contributed by atoms with van der Waals surface area (Å²) >= 11 is 5.59. The Morgan fingerprint density at radius 2 is 2.08 bits per heavy atom. The summed E-state index contributed by atoms with van der Waals surface area (Å²) in [6, 6.07) is 13.0. The number of aromatic carboxylic acids is 1. The number of carbonyl (C=O) groups is 1. The number of hydrogen-bond acceptors (Lipinski definition) is 3. The van der Waals surface area contributed by atoms with E-state index >= 15 is 0 Å². The van der Waals surface area contributed by atoms with Crippen LogP contribution in [0.2, 0.25) is 0 Å². The molecule has 0 aliphatic heterocycles. The highest BCUT2D eigenvalue weighted by molar-refractivity contribution is 6.18. The van der Waals surface area contributed by atoms with Crippen LogP contribution < -0.4 is 5.32 Å². The van der Waals surface area contributed by atoms with Crippen LogP contribution in [0.15, 0.2) is 48.7 Å². The standard InChI is InChI=1S/C18H17ClN2O3/c19-9-12(22)10-21-17-8-11(4-5-15(17)18(23)24)13-2-1-3-16-14(13)6-7-20-16/h1-8,12,20-22H,9-10H2,(H,23,24). The number of aromatic amines is 1. The molecule has 0 saturated carbocycles. The molecule has 0 fully saturated rings. The molecule has 4 N–H and O–H groups in total. The van der Waals surface area contributed by atoms with Crippen LogP contribution in [0.5, 0.6) is 0 Å². The lowest BCUT2D eigenvalue weighted by Crippen LogP contribution is -2.21. The van der Waals surface area contributed by atoms with E-state index in [1.807, 2.05) is 30.5 Å². The summed E-state index contributed by atoms with van der Waals surface area (Å²) in [7, 11) is 0. The first-order valence-corrected chi connectivity index (χ1v) is 8.05. The Morgan fingerprint density at radius 1 is 1.25 bits per heavy atom. The number of fused-ring (bicyclic) bond motifs is 1. The molecule has 1 heterocycles. The van der Waals surface area contributed by atoms with E-state index in [4.69, 9.17) is 11.6 Å². The lowest BCUT2D eigenvalue weighted by atomic mass is 9.99. The average molecular weight is 345 g/mol. The van der Waals surface area contributed by atoms with Gasteiger partial charge in [-0.1, -0.05) is 18.2 Å². The van der Waals surface area contributed by atoms with Gasteiger partial charge in [-0.3, -0.25) is 0 Å². The molecule has 0 aliphatic carbocycles. The number of aliphatic hydroxyl groups is 1. The first kappa shape index (κ1) is 16.4. The van der Waals surface area contributed by atoms with Crippen molar-refractivity contribution in [1.82, 2.24) is 4.98 Å². The van der Waals surface area contributed by atoms with E-state index in [9.17, 15) is 15.0 Å². The smallest absolute Gasteiger partial charge is 0.337 e. The molecule has 0 bridgehead atoms. The van der Waals surface area contributed by atoms with Crippen LogP contribution in [-0.2, 0) is 0 Å². The predicted octanol–water partition coefficient (Wildman–Crippen LogP) is 3.54. The lowest BCUT2D eigenvalue weighted by molar-refractivity contribution is 0.0697. The van der Waals surface area contributed by atoms with Crippen molar-refractivity contribution in [2.24, 2.45) is 0 Å². The number of carboxylic acid groups (broad SMARTS) is 1. The van der Waals surface area contributed by atoms with Crippen LogP contribution in [0.25, 0.3) is 22.0 Å². The molecule has 6 heteroatoms. The maximum Gasteiger partial charge on any atom is 0.337 e. The first-order valence-electron chi connectivity index (χ1n) is 7.52. The van der Waals surface area contributed by atoms with Gasteiger partial charge in [-0.15, -0.1) is 11.6 Å². The van der Waals surface area contributed by atoms with Crippen molar-refractivity contribution in [3.05, 3.63) is 54.2 Å². The van der Waals surface area contributed by atoms with Crippen LogP contribution in [0.4, 0.5) is 5.69 Å². The SMILES string of the molecule is O=C(O)c1ccc(-c2cccc3[nH]ccc23)cc1NCC(O)CCl. The molecule has 0 saturated heterocycles. The van der Waals surface area contributed by atoms with Crippen molar-refractivity contribution in [1.29, 1.82) is 0 Å². The summed E-state index contributed by atoms with van der Waals surface area (Å²) in [5, 5.41) is 23.0. The van der Waals surface area contributed by atoms with E-state index in [1.165, 1.54) is 0 Å². The van der Waals surface area contributed by atoms with Gasteiger partial charge in [-0.05, 0) is 35.4 Å². The molecule has 0 amide bonds. The highest BCUT2D eigenvalue weighted by atomic mass is 35.5. The van der Waals surface area contributed by atoms with Gasteiger partial charge < -0.3 is 20.5 Å². The van der Waals surface area contributed by atoms with Gasteiger partial charge in [0, 0.05) is 29.3 Å². The van der Waals surface area contributed by atoms with Crippen LogP contribution >= 0.6 is 11.6 Å². The van der Waals surface area contributed by atoms with E-state index in [2.05, 4.69) is 10.3 Å². The van der Waals surface area contributed by atoms with Gasteiger partial charge in [0.05, 0.1) is 17.5 Å². The number of halogens is 1. The number of rotatable bonds is 6. The fourth-order valence-electron chi connectivity index (χ4n) is 2.66. The molecule has 1 aromatic heterocycles. The van der Waals surface area contributed by atoms with Gasteiger partial charge in [0.1, 0.15) is 0 Å². The second kappa shape index (κ2) is 6.95. The Bertz CT molecular complexity index is 876. The molecule has 3 aromatic rings. The molecule has 5 nitrogen and oxygen atoms in total. The minimum atomic E-state index is -1.02. The topological polar surface area (TPSA) is 85.3 Å². The fourth-order valence-corrected chi connectivity index (χ4v) is 2.77. The van der Waals surface area contributed by atoms with E-state index in [0.29, 0.717) is 5.69 Å². The molecule has 124 valence electrons. The fraction of sp³-hybridized carbons (Fsp3) is 0.167. The molecule has 1 atom stereocenters. The highest BCUT2D eigenvalue weighted by Crippen LogP contribution is 2.31. The zero-order chi connectivity index (χ0) is 17.1. The minimum Gasteiger partial charge on any atom is -0.478 e. The summed E-state index contributed by atoms with van der Waals surface area (Å²) < 4.78 is 0. The number of nitrogens with one attached hydrogen (secondary N) is 2. The van der Waals surface area contributed by atoms with Crippen molar-refractivity contribution in [2.45, 2.75) is 6.10 Å². The van der Waals surface area contributed by atoms with Gasteiger partial charge in [-0.25, -0.2) is 4.79 Å². The van der Waals surface area contributed by atoms with Crippen LogP contribution in [0.1, 0.15) is 10.4 Å². The number of carboxylic acids is 1. The molecule has 1 unspecified atom stereocenters. The van der Waals surface area contributed by atoms with Gasteiger partial charge >= 0.3 is 5.97 Å². The molecule has 0 aliphatic rings. The van der Waals surface area contributed by atoms with Gasteiger partial charge in [0.15, 0.2) is 0 Å². The summed E-state index contributed by atoms with van der Waals surface area (Å²) in [5.41, 5.74) is 3.53. The normalized spacial score (nSPS) is 12.2. The van der Waals surface area contributed by atoms with E-state index in [1.54, 1.807) is 18.2 Å². The van der Waals surface area contributed by atoms with Crippen molar-refractivity contribution in [3.8, 4) is 11.1 Å². The molecule has 3 rings (SSSR count). The molecule has 0 spiro atoms. The summed E-state index contributed by atoms with van der Waals surface area (Å²) in [4.78, 5) is 14.6. The third-order valence-electron chi connectivity index (χ3n) is 3.86. The maximum atomic E-state index is 11.4. The van der Waals surface area contributed by atoms with Crippen molar-refractivity contribution < 1.29 is 15.0 Å². The second-order valence-electron chi connectivity index (χ2n) is 5.50. The average Bonchev–Trinajstić information content (AvgIpc) is 3.07. The van der Waals surface area contributed by atoms with Crippen molar-refractivity contribution >= 4 is 34.2 Å². The number of benzene rings is 2. The predicted molar refractivity (Wildman–Crippen MR) is 95.9 cm³/mol. The largest absolute Gasteiger partial charge is 0.478 e. The van der Waals surface area contributed by atoms with Crippen molar-refractivity contribution in [3.63, 3.8) is 0 Å². The molecular formula is C18H17ClN2O3. The lowest BCUT2D eigenvalue weighted by Gasteiger charge is -2.14. The number of hydrogen-bond donors (Lipinski definition) is 4. The Hall–Kier alpha value is -2.50. The third kappa shape index (κ3) is 3.22. The minimum absolute atomic E-state index is 0.0811.